The molecule has 0 aromatic carbocycles. The molecule has 0 atom stereocenters. The van der Waals surface area contributed by atoms with Gasteiger partial charge in [-0.25, -0.2) is 4.79 Å². The van der Waals surface area contributed by atoms with Crippen molar-refractivity contribution in [1.29, 1.82) is 0 Å². The largest absolute Gasteiger partial charge is 0.396 e. The van der Waals surface area contributed by atoms with E-state index in [1.807, 2.05) is 17.3 Å². The van der Waals surface area contributed by atoms with Crippen molar-refractivity contribution < 1.29 is 9.90 Å². The Morgan fingerprint density at radius 3 is 2.33 bits per heavy atom. The first-order chi connectivity index (χ1) is 11.8. The molecule has 0 bridgehead atoms. The predicted octanol–water partition coefficient (Wildman–Crippen LogP) is 1.71. The number of urea groups is 1. The summed E-state index contributed by atoms with van der Waals surface area (Å²) < 4.78 is 0. The van der Waals surface area contributed by atoms with Crippen LogP contribution in [-0.2, 0) is 0 Å². The number of nitrogens with one attached hydrogen (secondary N) is 1. The molecule has 3 rings (SSSR count). The van der Waals surface area contributed by atoms with Gasteiger partial charge >= 0.3 is 6.03 Å². The van der Waals surface area contributed by atoms with E-state index in [1.165, 1.54) is 5.69 Å². The summed E-state index contributed by atoms with van der Waals surface area (Å²) in [4.78, 5) is 20.6. The number of anilines is 1. The third kappa shape index (κ3) is 4.38. The molecule has 0 unspecified atom stereocenters. The number of aliphatic hydroxyl groups excluding tert-OH is 1. The summed E-state index contributed by atoms with van der Waals surface area (Å²) in [5.74, 6) is 0.925. The fraction of sp³-hybridized carbons (Fsp3) is 0.667. The van der Waals surface area contributed by atoms with Crippen molar-refractivity contribution in [2.45, 2.75) is 25.7 Å². The molecule has 2 aliphatic rings. The molecule has 6 nitrogen and oxygen atoms in total. The molecule has 1 aromatic heterocycles. The Hall–Kier alpha value is -1.82. The summed E-state index contributed by atoms with van der Waals surface area (Å²) in [5.41, 5.74) is 1.24. The smallest absolute Gasteiger partial charge is 0.317 e. The molecule has 1 aromatic rings. The van der Waals surface area contributed by atoms with E-state index in [-0.39, 0.29) is 12.6 Å². The molecule has 24 heavy (non-hydrogen) atoms. The second-order valence-corrected chi connectivity index (χ2v) is 6.93. The highest BCUT2D eigenvalue weighted by atomic mass is 16.3. The first-order valence-electron chi connectivity index (χ1n) is 9.05. The Morgan fingerprint density at radius 1 is 1.08 bits per heavy atom. The number of likely N-dealkylation sites (tertiary alicyclic amines) is 1. The van der Waals surface area contributed by atoms with Crippen LogP contribution in [0.1, 0.15) is 25.7 Å². The van der Waals surface area contributed by atoms with E-state index in [9.17, 15) is 4.79 Å². The summed E-state index contributed by atoms with van der Waals surface area (Å²) >= 11 is 0. The van der Waals surface area contributed by atoms with E-state index in [4.69, 9.17) is 5.11 Å². The molecule has 2 aliphatic heterocycles. The zero-order valence-corrected chi connectivity index (χ0v) is 14.2. The highest BCUT2D eigenvalue weighted by Crippen LogP contribution is 2.22. The van der Waals surface area contributed by atoms with Crippen LogP contribution in [0.15, 0.2) is 24.5 Å². The topological polar surface area (TPSA) is 68.7 Å². The summed E-state index contributed by atoms with van der Waals surface area (Å²) in [6.45, 7) is 4.60. The van der Waals surface area contributed by atoms with Crippen LogP contribution >= 0.6 is 0 Å². The van der Waals surface area contributed by atoms with Crippen LogP contribution in [0.4, 0.5) is 10.5 Å². The monoisotopic (exact) mass is 332 g/mol. The highest BCUT2D eigenvalue weighted by molar-refractivity contribution is 5.74. The van der Waals surface area contributed by atoms with Gasteiger partial charge in [0.05, 0.1) is 0 Å². The van der Waals surface area contributed by atoms with Crippen molar-refractivity contribution in [3.63, 3.8) is 0 Å². The van der Waals surface area contributed by atoms with Crippen LogP contribution in [0.5, 0.6) is 0 Å². The molecule has 2 amide bonds. The molecule has 3 heterocycles. The normalized spacial score (nSPS) is 20.2. The first-order valence-corrected chi connectivity index (χ1v) is 9.05. The van der Waals surface area contributed by atoms with E-state index < -0.39 is 0 Å². The quantitative estimate of drug-likeness (QED) is 0.881. The van der Waals surface area contributed by atoms with Gasteiger partial charge < -0.3 is 20.2 Å². The average molecular weight is 332 g/mol. The molecule has 132 valence electrons. The van der Waals surface area contributed by atoms with Crippen molar-refractivity contribution >= 4 is 11.7 Å². The van der Waals surface area contributed by atoms with Gasteiger partial charge in [0.2, 0.25) is 0 Å². The maximum Gasteiger partial charge on any atom is 0.317 e. The summed E-state index contributed by atoms with van der Waals surface area (Å²) in [5, 5.41) is 12.3. The maximum atomic E-state index is 12.3. The number of amides is 2. The molecular formula is C18H28N4O2. The molecule has 2 saturated heterocycles. The second-order valence-electron chi connectivity index (χ2n) is 6.93. The number of hydrogen-bond acceptors (Lipinski definition) is 4. The van der Waals surface area contributed by atoms with Gasteiger partial charge in [0.1, 0.15) is 0 Å². The lowest BCUT2D eigenvalue weighted by Gasteiger charge is -2.35. The Morgan fingerprint density at radius 2 is 1.71 bits per heavy atom. The van der Waals surface area contributed by atoms with Crippen LogP contribution < -0.4 is 10.2 Å². The Bertz CT molecular complexity index is 509. The standard InChI is InChI=1S/C18H28N4O2/c23-14-16-5-11-22(12-6-16)18(24)20-13-15-3-9-21(10-4-15)17-1-7-19-8-2-17/h1-2,7-8,15-16,23H,3-6,9-14H2,(H,20,24). The average Bonchev–Trinajstić information content (AvgIpc) is 2.67. The van der Waals surface area contributed by atoms with Gasteiger partial charge in [0, 0.05) is 57.4 Å². The Balaban J connectivity index is 1.37. The minimum absolute atomic E-state index is 0.0583. The summed E-state index contributed by atoms with van der Waals surface area (Å²) in [7, 11) is 0. The van der Waals surface area contributed by atoms with E-state index in [1.54, 1.807) is 0 Å². The minimum Gasteiger partial charge on any atom is -0.396 e. The number of piperidine rings is 2. The van der Waals surface area contributed by atoms with Crippen molar-refractivity contribution in [3.05, 3.63) is 24.5 Å². The van der Waals surface area contributed by atoms with Crippen LogP contribution in [0.25, 0.3) is 0 Å². The lowest BCUT2D eigenvalue weighted by molar-refractivity contribution is 0.136. The third-order valence-electron chi connectivity index (χ3n) is 5.34. The van der Waals surface area contributed by atoms with Crippen molar-refractivity contribution in [2.24, 2.45) is 11.8 Å². The molecule has 2 fully saturated rings. The van der Waals surface area contributed by atoms with E-state index in [2.05, 4.69) is 27.3 Å². The molecule has 0 radical (unpaired) electrons. The van der Waals surface area contributed by atoms with Gasteiger partial charge in [-0.15, -0.1) is 0 Å². The van der Waals surface area contributed by atoms with Gasteiger partial charge in [-0.2, -0.15) is 0 Å². The van der Waals surface area contributed by atoms with Gasteiger partial charge in [0.15, 0.2) is 0 Å². The fourth-order valence-electron chi connectivity index (χ4n) is 3.61. The summed E-state index contributed by atoms with van der Waals surface area (Å²) in [6, 6.07) is 4.17. The van der Waals surface area contributed by atoms with E-state index in [0.29, 0.717) is 11.8 Å². The number of carbonyl (C=O) groups excluding carboxylic acids is 1. The van der Waals surface area contributed by atoms with Crippen LogP contribution in [0, 0.1) is 11.8 Å². The maximum absolute atomic E-state index is 12.3. The molecule has 0 spiro atoms. The number of carbonyl (C=O) groups is 1. The van der Waals surface area contributed by atoms with Crippen molar-refractivity contribution in [3.8, 4) is 0 Å². The lowest BCUT2D eigenvalue weighted by Crippen LogP contribution is -2.47. The van der Waals surface area contributed by atoms with Crippen molar-refractivity contribution in [2.75, 3.05) is 44.2 Å². The fourth-order valence-corrected chi connectivity index (χ4v) is 3.61. The number of nitrogens with zero attached hydrogens (tertiary/aromatic N) is 3. The summed E-state index contributed by atoms with van der Waals surface area (Å²) in [6.07, 6.45) is 7.70. The lowest BCUT2D eigenvalue weighted by atomic mass is 9.96. The Labute approximate surface area is 143 Å². The molecular weight excluding hydrogens is 304 g/mol. The first kappa shape index (κ1) is 17.0. The highest BCUT2D eigenvalue weighted by Gasteiger charge is 2.24. The third-order valence-corrected chi connectivity index (χ3v) is 5.34. The van der Waals surface area contributed by atoms with Crippen LogP contribution in [0.3, 0.4) is 0 Å². The number of hydrogen-bond donors (Lipinski definition) is 2. The van der Waals surface area contributed by atoms with Crippen molar-refractivity contribution in [1.82, 2.24) is 15.2 Å². The van der Waals surface area contributed by atoms with Crippen LogP contribution in [0.2, 0.25) is 0 Å². The van der Waals surface area contributed by atoms with Gasteiger partial charge in [-0.05, 0) is 49.7 Å². The minimum atomic E-state index is 0.0583. The second kappa shape index (κ2) is 8.33. The number of pyridine rings is 1. The molecule has 6 heteroatoms. The van der Waals surface area contributed by atoms with Gasteiger partial charge in [-0.3, -0.25) is 4.98 Å². The van der Waals surface area contributed by atoms with Crippen LogP contribution in [-0.4, -0.2) is 60.4 Å². The number of aliphatic hydroxyl groups is 1. The zero-order chi connectivity index (χ0) is 16.8. The van der Waals surface area contributed by atoms with Gasteiger partial charge in [0.25, 0.3) is 0 Å². The van der Waals surface area contributed by atoms with E-state index >= 15 is 0 Å². The molecule has 0 saturated carbocycles. The predicted molar refractivity (Wildman–Crippen MR) is 94.0 cm³/mol. The Kier molecular flexibility index (Phi) is 5.91. The number of rotatable bonds is 4. The molecule has 0 aliphatic carbocycles. The number of aromatic nitrogens is 1. The van der Waals surface area contributed by atoms with E-state index in [0.717, 1.165) is 58.4 Å². The molecule has 2 N–H and O–H groups in total. The zero-order valence-electron chi connectivity index (χ0n) is 14.2. The van der Waals surface area contributed by atoms with Gasteiger partial charge in [-0.1, -0.05) is 0 Å². The SMILES string of the molecule is O=C(NCC1CCN(c2ccncc2)CC1)N1CCC(CO)CC1.